The molecule has 3 rings (SSSR count). The van der Waals surface area contributed by atoms with Crippen molar-refractivity contribution in [3.63, 3.8) is 0 Å². The van der Waals surface area contributed by atoms with E-state index in [1.54, 1.807) is 11.3 Å². The summed E-state index contributed by atoms with van der Waals surface area (Å²) in [6, 6.07) is 10.5. The zero-order chi connectivity index (χ0) is 13.8. The normalized spacial score (nSPS) is 11.1. The fourth-order valence-electron chi connectivity index (χ4n) is 2.29. The molecule has 0 saturated carbocycles. The average molecular weight is 283 g/mol. The molecule has 2 heterocycles. The number of fused-ring (bicyclic) bond motifs is 1. The molecule has 0 atom stereocenters. The molecule has 0 aliphatic rings. The monoisotopic (exact) mass is 283 g/mol. The van der Waals surface area contributed by atoms with Gasteiger partial charge in [-0.3, -0.25) is 4.98 Å². The van der Waals surface area contributed by atoms with Crippen molar-refractivity contribution < 1.29 is 0 Å². The predicted molar refractivity (Wildman–Crippen MR) is 84.0 cm³/mol. The lowest BCUT2D eigenvalue weighted by atomic mass is 10.1. The van der Waals surface area contributed by atoms with Crippen LogP contribution >= 0.6 is 11.3 Å². The SMILES string of the molecule is Cc1ncc(CNCCc2cccc3cccnc23)s1. The summed E-state index contributed by atoms with van der Waals surface area (Å²) in [4.78, 5) is 10.0. The van der Waals surface area contributed by atoms with E-state index in [9.17, 15) is 0 Å². The maximum atomic E-state index is 4.49. The van der Waals surface area contributed by atoms with Crippen molar-refractivity contribution in [3.05, 3.63) is 58.2 Å². The van der Waals surface area contributed by atoms with Crippen LogP contribution in [-0.4, -0.2) is 16.5 Å². The standard InChI is InChI=1S/C16H17N3S/c1-12-19-11-15(20-12)10-17-9-7-14-5-2-4-13-6-3-8-18-16(13)14/h2-6,8,11,17H,7,9-10H2,1H3. The van der Waals surface area contributed by atoms with Crippen LogP contribution in [0.3, 0.4) is 0 Å². The first-order valence-electron chi connectivity index (χ1n) is 6.77. The number of nitrogens with zero attached hydrogens (tertiary/aromatic N) is 2. The molecule has 0 amide bonds. The van der Waals surface area contributed by atoms with E-state index in [2.05, 4.69) is 39.6 Å². The van der Waals surface area contributed by atoms with Crippen LogP contribution in [0.4, 0.5) is 0 Å². The zero-order valence-electron chi connectivity index (χ0n) is 11.5. The molecule has 3 aromatic rings. The highest BCUT2D eigenvalue weighted by atomic mass is 32.1. The van der Waals surface area contributed by atoms with E-state index in [4.69, 9.17) is 0 Å². The van der Waals surface area contributed by atoms with Gasteiger partial charge in [0.15, 0.2) is 0 Å². The lowest BCUT2D eigenvalue weighted by molar-refractivity contribution is 0.694. The molecule has 102 valence electrons. The molecular formula is C16H17N3S. The Morgan fingerprint density at radius 1 is 1.15 bits per heavy atom. The van der Waals surface area contributed by atoms with Crippen molar-refractivity contribution in [2.75, 3.05) is 6.54 Å². The van der Waals surface area contributed by atoms with Gasteiger partial charge in [0.05, 0.1) is 10.5 Å². The Kier molecular flexibility index (Phi) is 4.04. The zero-order valence-corrected chi connectivity index (χ0v) is 12.3. The van der Waals surface area contributed by atoms with Gasteiger partial charge in [-0.25, -0.2) is 4.98 Å². The number of aryl methyl sites for hydroxylation is 1. The number of benzene rings is 1. The van der Waals surface area contributed by atoms with E-state index < -0.39 is 0 Å². The molecule has 1 aromatic carbocycles. The Morgan fingerprint density at radius 2 is 2.05 bits per heavy atom. The van der Waals surface area contributed by atoms with E-state index in [0.29, 0.717) is 0 Å². The Hall–Kier alpha value is -1.78. The summed E-state index contributed by atoms with van der Waals surface area (Å²) in [5, 5.41) is 5.81. The van der Waals surface area contributed by atoms with Crippen LogP contribution in [0.5, 0.6) is 0 Å². The van der Waals surface area contributed by atoms with Gasteiger partial charge in [-0.1, -0.05) is 24.3 Å². The molecule has 4 heteroatoms. The number of hydrogen-bond acceptors (Lipinski definition) is 4. The Morgan fingerprint density at radius 3 is 2.90 bits per heavy atom. The van der Waals surface area contributed by atoms with Crippen molar-refractivity contribution >= 4 is 22.2 Å². The molecule has 20 heavy (non-hydrogen) atoms. The molecule has 0 bridgehead atoms. The molecule has 0 saturated heterocycles. The van der Waals surface area contributed by atoms with Crippen LogP contribution in [0.2, 0.25) is 0 Å². The number of pyridine rings is 1. The lowest BCUT2D eigenvalue weighted by Gasteiger charge is -2.06. The predicted octanol–water partition coefficient (Wildman–Crippen LogP) is 3.33. The number of rotatable bonds is 5. The third-order valence-electron chi connectivity index (χ3n) is 3.26. The molecule has 0 unspecified atom stereocenters. The summed E-state index contributed by atoms with van der Waals surface area (Å²) in [6.45, 7) is 3.88. The fourth-order valence-corrected chi connectivity index (χ4v) is 3.06. The van der Waals surface area contributed by atoms with Crippen molar-refractivity contribution in [2.45, 2.75) is 19.9 Å². The Balaban J connectivity index is 1.60. The Labute approximate surface area is 122 Å². The molecule has 0 aliphatic carbocycles. The van der Waals surface area contributed by atoms with Crippen molar-refractivity contribution in [1.29, 1.82) is 0 Å². The fraction of sp³-hybridized carbons (Fsp3) is 0.250. The Bertz CT molecular complexity index is 700. The van der Waals surface area contributed by atoms with Gasteiger partial charge in [-0.15, -0.1) is 11.3 Å². The molecule has 1 N–H and O–H groups in total. The van der Waals surface area contributed by atoms with Crippen LogP contribution < -0.4 is 5.32 Å². The summed E-state index contributed by atoms with van der Waals surface area (Å²) in [6.07, 6.45) is 4.80. The number of thiazole rings is 1. The second-order valence-corrected chi connectivity index (χ2v) is 6.08. The number of para-hydroxylation sites is 1. The maximum Gasteiger partial charge on any atom is 0.0897 e. The van der Waals surface area contributed by atoms with Gasteiger partial charge in [-0.2, -0.15) is 0 Å². The molecule has 2 aromatic heterocycles. The molecule has 0 radical (unpaired) electrons. The second kappa shape index (κ2) is 6.11. The number of hydrogen-bond donors (Lipinski definition) is 1. The van der Waals surface area contributed by atoms with Crippen LogP contribution in [0.1, 0.15) is 15.4 Å². The first-order valence-corrected chi connectivity index (χ1v) is 7.59. The summed E-state index contributed by atoms with van der Waals surface area (Å²) < 4.78 is 0. The maximum absolute atomic E-state index is 4.49. The van der Waals surface area contributed by atoms with Crippen LogP contribution in [0.15, 0.2) is 42.7 Å². The topological polar surface area (TPSA) is 37.8 Å². The summed E-state index contributed by atoms with van der Waals surface area (Å²) in [5.74, 6) is 0. The third-order valence-corrected chi connectivity index (χ3v) is 4.17. The second-order valence-electron chi connectivity index (χ2n) is 4.76. The van der Waals surface area contributed by atoms with Crippen molar-refractivity contribution in [3.8, 4) is 0 Å². The number of nitrogens with one attached hydrogen (secondary N) is 1. The largest absolute Gasteiger partial charge is 0.311 e. The van der Waals surface area contributed by atoms with Crippen LogP contribution in [0.25, 0.3) is 10.9 Å². The van der Waals surface area contributed by atoms with E-state index in [-0.39, 0.29) is 0 Å². The summed E-state index contributed by atoms with van der Waals surface area (Å²) in [5.41, 5.74) is 2.42. The minimum absolute atomic E-state index is 0.893. The number of aromatic nitrogens is 2. The molecule has 3 nitrogen and oxygen atoms in total. The minimum atomic E-state index is 0.893. The van der Waals surface area contributed by atoms with Gasteiger partial charge in [0, 0.05) is 29.2 Å². The van der Waals surface area contributed by atoms with E-state index in [0.717, 1.165) is 30.0 Å². The highest BCUT2D eigenvalue weighted by molar-refractivity contribution is 7.11. The smallest absolute Gasteiger partial charge is 0.0897 e. The minimum Gasteiger partial charge on any atom is -0.311 e. The molecule has 0 fully saturated rings. The first-order chi connectivity index (χ1) is 9.83. The van der Waals surface area contributed by atoms with Crippen LogP contribution in [-0.2, 0) is 13.0 Å². The van der Waals surface area contributed by atoms with Crippen molar-refractivity contribution in [1.82, 2.24) is 15.3 Å². The molecular weight excluding hydrogens is 266 g/mol. The van der Waals surface area contributed by atoms with E-state index >= 15 is 0 Å². The highest BCUT2D eigenvalue weighted by Crippen LogP contribution is 2.16. The van der Waals surface area contributed by atoms with Crippen LogP contribution in [0, 0.1) is 6.92 Å². The highest BCUT2D eigenvalue weighted by Gasteiger charge is 2.02. The lowest BCUT2D eigenvalue weighted by Crippen LogP contribution is -2.16. The van der Waals surface area contributed by atoms with Gasteiger partial charge in [-0.05, 0) is 31.5 Å². The summed E-state index contributed by atoms with van der Waals surface area (Å²) >= 11 is 1.75. The molecule has 0 aliphatic heterocycles. The van der Waals surface area contributed by atoms with E-state index in [1.165, 1.54) is 15.8 Å². The van der Waals surface area contributed by atoms with Gasteiger partial charge in [0.2, 0.25) is 0 Å². The van der Waals surface area contributed by atoms with Gasteiger partial charge in [0.25, 0.3) is 0 Å². The van der Waals surface area contributed by atoms with Gasteiger partial charge in [0.1, 0.15) is 0 Å². The van der Waals surface area contributed by atoms with Gasteiger partial charge < -0.3 is 5.32 Å². The molecule has 0 spiro atoms. The quantitative estimate of drug-likeness (QED) is 0.730. The first kappa shape index (κ1) is 13.2. The average Bonchev–Trinajstić information content (AvgIpc) is 2.89. The summed E-state index contributed by atoms with van der Waals surface area (Å²) in [7, 11) is 0. The van der Waals surface area contributed by atoms with Crippen molar-refractivity contribution in [2.24, 2.45) is 0 Å². The van der Waals surface area contributed by atoms with Gasteiger partial charge >= 0.3 is 0 Å². The van der Waals surface area contributed by atoms with E-state index in [1.807, 2.05) is 25.4 Å². The third kappa shape index (κ3) is 3.03.